The van der Waals surface area contributed by atoms with Crippen LogP contribution in [0.5, 0.6) is 5.75 Å². The Bertz CT molecular complexity index is 862. The number of hydrogen-bond donors (Lipinski definition) is 1. The zero-order chi connectivity index (χ0) is 17.6. The molecule has 1 amide bonds. The Labute approximate surface area is 143 Å². The molecule has 0 unspecified atom stereocenters. The number of carbonyl (C=O) groups is 1. The van der Waals surface area contributed by atoms with Crippen molar-refractivity contribution < 1.29 is 18.3 Å². The van der Waals surface area contributed by atoms with Gasteiger partial charge in [-0.05, 0) is 35.9 Å². The first-order valence-corrected chi connectivity index (χ1v) is 7.65. The van der Waals surface area contributed by atoms with Crippen LogP contribution in [0.2, 0.25) is 0 Å². The summed E-state index contributed by atoms with van der Waals surface area (Å²) in [6.45, 7) is 1.87. The number of hydrogen-bond acceptors (Lipinski definition) is 5. The minimum Gasteiger partial charge on any atom is -0.484 e. The summed E-state index contributed by atoms with van der Waals surface area (Å²) in [5.41, 5.74) is 0.956. The molecule has 25 heavy (non-hydrogen) atoms. The molecule has 2 aromatic carbocycles. The molecule has 6 nitrogen and oxygen atoms in total. The molecule has 1 aromatic heterocycles. The molecule has 0 aliphatic heterocycles. The van der Waals surface area contributed by atoms with E-state index in [-0.39, 0.29) is 18.9 Å². The highest BCUT2D eigenvalue weighted by atomic mass is 19.1. The molecule has 0 radical (unpaired) electrons. The van der Waals surface area contributed by atoms with Crippen LogP contribution in [0.3, 0.4) is 0 Å². The molecule has 0 saturated carbocycles. The molecular formula is C18H16FN3O3. The van der Waals surface area contributed by atoms with Crippen molar-refractivity contribution in [1.29, 1.82) is 0 Å². The minimum atomic E-state index is -0.391. The van der Waals surface area contributed by atoms with E-state index in [0.717, 1.165) is 0 Å². The van der Waals surface area contributed by atoms with Crippen molar-refractivity contribution >= 4 is 11.6 Å². The highest BCUT2D eigenvalue weighted by molar-refractivity contribution is 5.92. The summed E-state index contributed by atoms with van der Waals surface area (Å²) in [5.74, 6) is 0.784. The minimum absolute atomic E-state index is 0.0264. The molecule has 3 aromatic rings. The van der Waals surface area contributed by atoms with Gasteiger partial charge < -0.3 is 14.5 Å². The Morgan fingerprint density at radius 3 is 2.60 bits per heavy atom. The summed E-state index contributed by atoms with van der Waals surface area (Å²) in [7, 11) is 0. The molecule has 0 fully saturated rings. The predicted molar refractivity (Wildman–Crippen MR) is 88.5 cm³/mol. The van der Waals surface area contributed by atoms with E-state index < -0.39 is 5.82 Å². The van der Waals surface area contributed by atoms with Crippen molar-refractivity contribution in [1.82, 2.24) is 10.2 Å². The standard InChI is InChI=1S/C18H16FN3O3/c1-12-21-22-18(25-12)11-24-15-8-6-14(7-9-15)20-17(23)10-13-4-2-3-5-16(13)19/h2-9H,10-11H2,1H3,(H,20,23). The summed E-state index contributed by atoms with van der Waals surface area (Å²) >= 11 is 0. The van der Waals surface area contributed by atoms with Crippen LogP contribution in [0.15, 0.2) is 52.9 Å². The summed E-state index contributed by atoms with van der Waals surface area (Å²) in [6.07, 6.45) is -0.0264. The van der Waals surface area contributed by atoms with Crippen molar-refractivity contribution in [3.05, 3.63) is 71.7 Å². The maximum absolute atomic E-state index is 13.6. The zero-order valence-electron chi connectivity index (χ0n) is 13.5. The fraction of sp³-hybridized carbons (Fsp3) is 0.167. The Morgan fingerprint density at radius 1 is 1.16 bits per heavy atom. The lowest BCUT2D eigenvalue weighted by Gasteiger charge is -2.08. The second-order valence-electron chi connectivity index (χ2n) is 5.34. The van der Waals surface area contributed by atoms with Crippen molar-refractivity contribution in [2.24, 2.45) is 0 Å². The summed E-state index contributed by atoms with van der Waals surface area (Å²) in [5, 5.41) is 10.3. The van der Waals surface area contributed by atoms with Crippen LogP contribution in [0.25, 0.3) is 0 Å². The van der Waals surface area contributed by atoms with Crippen molar-refractivity contribution in [3.8, 4) is 5.75 Å². The van der Waals surface area contributed by atoms with Gasteiger partial charge in [0, 0.05) is 12.6 Å². The van der Waals surface area contributed by atoms with Gasteiger partial charge in [0.05, 0.1) is 6.42 Å². The normalized spacial score (nSPS) is 10.5. The van der Waals surface area contributed by atoms with Crippen molar-refractivity contribution in [2.45, 2.75) is 20.0 Å². The molecule has 0 aliphatic rings. The van der Waals surface area contributed by atoms with Gasteiger partial charge in [0.2, 0.25) is 11.8 Å². The maximum atomic E-state index is 13.6. The van der Waals surface area contributed by atoms with Crippen LogP contribution in [0.4, 0.5) is 10.1 Å². The van der Waals surface area contributed by atoms with Crippen LogP contribution in [0, 0.1) is 12.7 Å². The Morgan fingerprint density at radius 2 is 1.92 bits per heavy atom. The third-order valence-corrected chi connectivity index (χ3v) is 3.38. The van der Waals surface area contributed by atoms with Gasteiger partial charge in [0.15, 0.2) is 6.61 Å². The first-order chi connectivity index (χ1) is 12.1. The Kier molecular flexibility index (Phi) is 5.03. The van der Waals surface area contributed by atoms with Gasteiger partial charge in [-0.25, -0.2) is 4.39 Å². The number of aromatic nitrogens is 2. The third kappa shape index (κ3) is 4.63. The van der Waals surface area contributed by atoms with E-state index in [1.54, 1.807) is 49.4 Å². The SMILES string of the molecule is Cc1nnc(COc2ccc(NC(=O)Cc3ccccc3F)cc2)o1. The van der Waals surface area contributed by atoms with Gasteiger partial charge in [-0.1, -0.05) is 18.2 Å². The number of carbonyl (C=O) groups excluding carboxylic acids is 1. The van der Waals surface area contributed by atoms with E-state index in [1.165, 1.54) is 6.07 Å². The molecule has 0 spiro atoms. The van der Waals surface area contributed by atoms with Crippen LogP contribution in [0.1, 0.15) is 17.3 Å². The average molecular weight is 341 g/mol. The van der Waals surface area contributed by atoms with Gasteiger partial charge in [-0.2, -0.15) is 0 Å². The number of benzene rings is 2. The van der Waals surface area contributed by atoms with Crippen LogP contribution < -0.4 is 10.1 Å². The van der Waals surface area contributed by atoms with Gasteiger partial charge in [-0.15, -0.1) is 10.2 Å². The number of amides is 1. The number of aryl methyl sites for hydroxylation is 1. The molecule has 128 valence electrons. The van der Waals surface area contributed by atoms with E-state index in [1.807, 2.05) is 0 Å². The monoisotopic (exact) mass is 341 g/mol. The largest absolute Gasteiger partial charge is 0.484 e. The smallest absolute Gasteiger partial charge is 0.253 e. The van der Waals surface area contributed by atoms with Crippen LogP contribution in [-0.4, -0.2) is 16.1 Å². The third-order valence-electron chi connectivity index (χ3n) is 3.38. The number of nitrogens with one attached hydrogen (secondary N) is 1. The van der Waals surface area contributed by atoms with E-state index in [0.29, 0.717) is 28.8 Å². The number of anilines is 1. The van der Waals surface area contributed by atoms with Crippen molar-refractivity contribution in [3.63, 3.8) is 0 Å². The molecule has 7 heteroatoms. The highest BCUT2D eigenvalue weighted by Gasteiger charge is 2.08. The number of halogens is 1. The lowest BCUT2D eigenvalue weighted by atomic mass is 10.1. The Balaban J connectivity index is 1.53. The first kappa shape index (κ1) is 16.6. The van der Waals surface area contributed by atoms with Crippen LogP contribution >= 0.6 is 0 Å². The molecule has 0 bridgehead atoms. The highest BCUT2D eigenvalue weighted by Crippen LogP contribution is 2.17. The van der Waals surface area contributed by atoms with E-state index >= 15 is 0 Å². The fourth-order valence-corrected chi connectivity index (χ4v) is 2.20. The predicted octanol–water partition coefficient (Wildman–Crippen LogP) is 3.28. The van der Waals surface area contributed by atoms with Crippen LogP contribution in [-0.2, 0) is 17.8 Å². The summed E-state index contributed by atoms with van der Waals surface area (Å²) in [4.78, 5) is 12.0. The Hall–Kier alpha value is -3.22. The number of ether oxygens (including phenoxy) is 1. The first-order valence-electron chi connectivity index (χ1n) is 7.65. The van der Waals surface area contributed by atoms with Gasteiger partial charge in [-0.3, -0.25) is 4.79 Å². The summed E-state index contributed by atoms with van der Waals surface area (Å²) < 4.78 is 24.3. The molecular weight excluding hydrogens is 325 g/mol. The fourth-order valence-electron chi connectivity index (χ4n) is 2.20. The number of nitrogens with zero attached hydrogens (tertiary/aromatic N) is 2. The van der Waals surface area contributed by atoms with Gasteiger partial charge in [0.1, 0.15) is 11.6 Å². The molecule has 0 aliphatic carbocycles. The van der Waals surface area contributed by atoms with Gasteiger partial charge in [0.25, 0.3) is 5.89 Å². The molecule has 0 atom stereocenters. The topological polar surface area (TPSA) is 77.3 Å². The van der Waals surface area contributed by atoms with E-state index in [2.05, 4.69) is 15.5 Å². The lowest BCUT2D eigenvalue weighted by Crippen LogP contribution is -2.15. The van der Waals surface area contributed by atoms with Gasteiger partial charge >= 0.3 is 0 Å². The second-order valence-corrected chi connectivity index (χ2v) is 5.34. The van der Waals surface area contributed by atoms with E-state index in [9.17, 15) is 9.18 Å². The quantitative estimate of drug-likeness (QED) is 0.744. The molecule has 1 N–H and O–H groups in total. The number of rotatable bonds is 6. The van der Waals surface area contributed by atoms with E-state index in [4.69, 9.17) is 9.15 Å². The lowest BCUT2D eigenvalue weighted by molar-refractivity contribution is -0.115. The summed E-state index contributed by atoms with van der Waals surface area (Å²) in [6, 6.07) is 13.0. The molecule has 3 rings (SSSR count). The zero-order valence-corrected chi connectivity index (χ0v) is 13.5. The maximum Gasteiger partial charge on any atom is 0.253 e. The second kappa shape index (κ2) is 7.57. The average Bonchev–Trinajstić information content (AvgIpc) is 3.02. The molecule has 0 saturated heterocycles. The molecule has 1 heterocycles. The van der Waals surface area contributed by atoms with Crippen molar-refractivity contribution in [2.75, 3.05) is 5.32 Å².